The molecule has 1 atom stereocenters. The van der Waals surface area contributed by atoms with E-state index in [0.717, 1.165) is 0 Å². The molecule has 0 aromatic heterocycles. The van der Waals surface area contributed by atoms with Gasteiger partial charge in [0.15, 0.2) is 7.37 Å². The molecule has 0 rings (SSSR count). The Kier molecular flexibility index (Phi) is 3.83. The lowest BCUT2D eigenvalue weighted by Crippen LogP contribution is -1.94. The normalized spacial score (nSPS) is 18.6. The first-order valence-corrected chi connectivity index (χ1v) is 6.11. The Labute approximate surface area is 65.4 Å². The quantitative estimate of drug-likeness (QED) is 0.613. The van der Waals surface area contributed by atoms with Gasteiger partial charge < -0.3 is 4.89 Å². The van der Waals surface area contributed by atoms with Crippen molar-refractivity contribution in [2.45, 2.75) is 3.74 Å². The van der Waals surface area contributed by atoms with Gasteiger partial charge in [-0.25, -0.2) is 0 Å². The monoisotopic (exact) mass is 264 g/mol. The van der Waals surface area contributed by atoms with Crippen LogP contribution in [0.2, 0.25) is 0 Å². The van der Waals surface area contributed by atoms with Crippen LogP contribution in [0.1, 0.15) is 0 Å². The summed E-state index contributed by atoms with van der Waals surface area (Å²) in [6.07, 6.45) is 0.271. The summed E-state index contributed by atoms with van der Waals surface area (Å²) in [5, 5.41) is 0. The van der Waals surface area contributed by atoms with Gasteiger partial charge in [0, 0.05) is 12.8 Å². The van der Waals surface area contributed by atoms with Crippen LogP contribution in [0.5, 0.6) is 0 Å². The number of rotatable bonds is 2. The largest absolute Gasteiger partial charge is 0.344 e. The molecule has 0 aliphatic carbocycles. The summed E-state index contributed by atoms with van der Waals surface area (Å²) in [4.78, 5) is 8.68. The molecule has 0 saturated carbocycles. The fourth-order valence-corrected chi connectivity index (χ4v) is 3.99. The molecule has 0 fully saturated rings. The number of alkyl halides is 2. The highest BCUT2D eigenvalue weighted by Crippen LogP contribution is 2.38. The molecule has 0 aromatic rings. The van der Waals surface area contributed by atoms with Gasteiger partial charge in [0.2, 0.25) is 0 Å². The Bertz CT molecular complexity index is 108. The van der Waals surface area contributed by atoms with Crippen LogP contribution in [-0.2, 0) is 4.57 Å². The maximum absolute atomic E-state index is 10.5. The zero-order valence-electron chi connectivity index (χ0n) is 4.34. The molecule has 0 aliphatic rings. The fourth-order valence-electron chi connectivity index (χ4n) is 0.256. The van der Waals surface area contributed by atoms with E-state index in [1.807, 2.05) is 0 Å². The fraction of sp³-hybridized carbons (Fsp3) is 1.00. The van der Waals surface area contributed by atoms with Gasteiger partial charge in [0.1, 0.15) is 0 Å². The SMILES string of the molecule is CP(=O)(O)CC(Br)Br. The van der Waals surface area contributed by atoms with Crippen molar-refractivity contribution in [2.24, 2.45) is 0 Å². The predicted molar refractivity (Wildman–Crippen MR) is 42.3 cm³/mol. The molecule has 2 nitrogen and oxygen atoms in total. The molecule has 8 heavy (non-hydrogen) atoms. The third-order valence-corrected chi connectivity index (χ3v) is 3.17. The van der Waals surface area contributed by atoms with Crippen LogP contribution in [-0.4, -0.2) is 21.5 Å². The van der Waals surface area contributed by atoms with Gasteiger partial charge in [-0.1, -0.05) is 31.9 Å². The summed E-state index contributed by atoms with van der Waals surface area (Å²) in [5.74, 6) is 0. The van der Waals surface area contributed by atoms with E-state index in [4.69, 9.17) is 4.89 Å². The van der Waals surface area contributed by atoms with E-state index >= 15 is 0 Å². The standard InChI is InChI=1S/C3H7Br2O2P/c1-8(6,7)2-3(4)5/h3H,2H2,1H3,(H,6,7). The Morgan fingerprint density at radius 1 is 1.75 bits per heavy atom. The lowest BCUT2D eigenvalue weighted by molar-refractivity contribution is 0.486. The first kappa shape index (κ1) is 9.15. The third kappa shape index (κ3) is 7.15. The number of hydrogen-bond donors (Lipinski definition) is 1. The van der Waals surface area contributed by atoms with Crippen molar-refractivity contribution in [3.05, 3.63) is 0 Å². The van der Waals surface area contributed by atoms with Crippen molar-refractivity contribution in [1.82, 2.24) is 0 Å². The van der Waals surface area contributed by atoms with Gasteiger partial charge in [-0.05, 0) is 0 Å². The molecule has 0 radical (unpaired) electrons. The van der Waals surface area contributed by atoms with Crippen molar-refractivity contribution in [2.75, 3.05) is 12.8 Å². The number of halogens is 2. The molecular weight excluding hydrogens is 259 g/mol. The lowest BCUT2D eigenvalue weighted by Gasteiger charge is -2.03. The molecule has 0 aromatic carbocycles. The highest BCUT2D eigenvalue weighted by atomic mass is 79.9. The van der Waals surface area contributed by atoms with Gasteiger partial charge in [-0.3, -0.25) is 4.57 Å². The number of hydrogen-bond acceptors (Lipinski definition) is 1. The Morgan fingerprint density at radius 3 is 2.12 bits per heavy atom. The second-order valence-electron chi connectivity index (χ2n) is 1.62. The summed E-state index contributed by atoms with van der Waals surface area (Å²) < 4.78 is 10.5. The van der Waals surface area contributed by atoms with E-state index in [1.54, 1.807) is 0 Å². The summed E-state index contributed by atoms with van der Waals surface area (Å²) in [6, 6.07) is 0. The molecular formula is C3H7Br2O2P. The third-order valence-electron chi connectivity index (χ3n) is 0.477. The Hall–Kier alpha value is 1.15. The summed E-state index contributed by atoms with van der Waals surface area (Å²) in [5.41, 5.74) is 0. The molecule has 5 heteroatoms. The van der Waals surface area contributed by atoms with Crippen LogP contribution in [0, 0.1) is 0 Å². The Morgan fingerprint density at radius 2 is 2.12 bits per heavy atom. The topological polar surface area (TPSA) is 37.3 Å². The molecule has 0 saturated heterocycles. The van der Waals surface area contributed by atoms with Gasteiger partial charge in [-0.2, -0.15) is 0 Å². The molecule has 0 aliphatic heterocycles. The van der Waals surface area contributed by atoms with E-state index < -0.39 is 7.37 Å². The molecule has 50 valence electrons. The zero-order chi connectivity index (χ0) is 6.78. The lowest BCUT2D eigenvalue weighted by atomic mass is 11.0. The predicted octanol–water partition coefficient (Wildman–Crippen LogP) is 2.00. The van der Waals surface area contributed by atoms with Crippen molar-refractivity contribution in [3.8, 4) is 0 Å². The molecule has 0 amide bonds. The molecule has 0 spiro atoms. The van der Waals surface area contributed by atoms with E-state index in [9.17, 15) is 4.57 Å². The van der Waals surface area contributed by atoms with E-state index in [2.05, 4.69) is 31.9 Å². The van der Waals surface area contributed by atoms with Crippen molar-refractivity contribution in [1.29, 1.82) is 0 Å². The van der Waals surface area contributed by atoms with E-state index in [-0.39, 0.29) is 9.90 Å². The first-order chi connectivity index (χ1) is 3.42. The van der Waals surface area contributed by atoms with Crippen LogP contribution in [0.3, 0.4) is 0 Å². The van der Waals surface area contributed by atoms with Crippen LogP contribution in [0.4, 0.5) is 0 Å². The maximum atomic E-state index is 10.5. The first-order valence-electron chi connectivity index (χ1n) is 1.99. The second-order valence-corrected chi connectivity index (χ2v) is 7.53. The summed E-state index contributed by atoms with van der Waals surface area (Å²) in [7, 11) is -2.82. The van der Waals surface area contributed by atoms with Crippen molar-refractivity contribution in [3.63, 3.8) is 0 Å². The van der Waals surface area contributed by atoms with E-state index in [0.29, 0.717) is 0 Å². The average Bonchev–Trinajstić information content (AvgIpc) is 1.21. The molecule has 1 N–H and O–H groups in total. The summed E-state index contributed by atoms with van der Waals surface area (Å²) in [6.45, 7) is 1.34. The summed E-state index contributed by atoms with van der Waals surface area (Å²) >= 11 is 6.19. The van der Waals surface area contributed by atoms with Gasteiger partial charge >= 0.3 is 0 Å². The maximum Gasteiger partial charge on any atom is 0.199 e. The van der Waals surface area contributed by atoms with Gasteiger partial charge in [-0.15, -0.1) is 0 Å². The second kappa shape index (κ2) is 3.35. The molecule has 0 bridgehead atoms. The van der Waals surface area contributed by atoms with Gasteiger partial charge in [0.25, 0.3) is 0 Å². The van der Waals surface area contributed by atoms with Crippen molar-refractivity contribution < 1.29 is 9.46 Å². The minimum Gasteiger partial charge on any atom is -0.344 e. The average molecular weight is 266 g/mol. The highest BCUT2D eigenvalue weighted by Gasteiger charge is 2.13. The van der Waals surface area contributed by atoms with Crippen molar-refractivity contribution >= 4 is 39.2 Å². The molecule has 1 unspecified atom stereocenters. The van der Waals surface area contributed by atoms with Crippen LogP contribution in [0.25, 0.3) is 0 Å². The van der Waals surface area contributed by atoms with Crippen LogP contribution < -0.4 is 0 Å². The van der Waals surface area contributed by atoms with E-state index in [1.165, 1.54) is 6.66 Å². The van der Waals surface area contributed by atoms with Gasteiger partial charge in [0.05, 0.1) is 3.74 Å². The minimum atomic E-state index is -2.82. The zero-order valence-corrected chi connectivity index (χ0v) is 8.41. The smallest absolute Gasteiger partial charge is 0.199 e. The Balaban J connectivity index is 3.56. The van der Waals surface area contributed by atoms with Crippen LogP contribution >= 0.6 is 39.2 Å². The highest BCUT2D eigenvalue weighted by molar-refractivity contribution is 9.24. The minimum absolute atomic E-state index is 0.0455. The van der Waals surface area contributed by atoms with Crippen LogP contribution in [0.15, 0.2) is 0 Å². The molecule has 0 heterocycles.